The number of carbonyl (C=O) groups is 1. The van der Waals surface area contributed by atoms with Crippen LogP contribution in [0.2, 0.25) is 0 Å². The standard InChI is InChI=1S/C24H37NO2/c1-24(2,3)19-14-16-22(17-15-19)27-18-23(26)25(20-10-6-4-7-11-20)21-12-8-5-9-13-21/h14-17,20-21H,4-13,18H2,1-3H3. The molecule has 2 saturated carbocycles. The van der Waals surface area contributed by atoms with Gasteiger partial charge in [-0.05, 0) is 48.8 Å². The summed E-state index contributed by atoms with van der Waals surface area (Å²) in [6.07, 6.45) is 12.4. The second-order valence-electron chi connectivity index (χ2n) is 9.45. The number of hydrogen-bond acceptors (Lipinski definition) is 2. The predicted molar refractivity (Wildman–Crippen MR) is 111 cm³/mol. The molecule has 3 heteroatoms. The van der Waals surface area contributed by atoms with Crippen LogP contribution in [0.25, 0.3) is 0 Å². The minimum Gasteiger partial charge on any atom is -0.484 e. The third-order valence-corrected chi connectivity index (χ3v) is 6.31. The predicted octanol–water partition coefficient (Wildman–Crippen LogP) is 5.86. The first kappa shape index (κ1) is 20.2. The van der Waals surface area contributed by atoms with E-state index in [9.17, 15) is 4.79 Å². The maximum Gasteiger partial charge on any atom is 0.261 e. The molecule has 1 aromatic carbocycles. The summed E-state index contributed by atoms with van der Waals surface area (Å²) in [5.41, 5.74) is 1.42. The minimum atomic E-state index is 0.132. The average molecular weight is 372 g/mol. The van der Waals surface area contributed by atoms with Crippen molar-refractivity contribution in [3.05, 3.63) is 29.8 Å². The van der Waals surface area contributed by atoms with Crippen molar-refractivity contribution >= 4 is 5.91 Å². The van der Waals surface area contributed by atoms with Crippen LogP contribution in [0.1, 0.15) is 90.5 Å². The molecule has 150 valence electrons. The van der Waals surface area contributed by atoms with E-state index in [0.717, 1.165) is 5.75 Å². The SMILES string of the molecule is CC(C)(C)c1ccc(OCC(=O)N(C2CCCCC2)C2CCCCC2)cc1. The van der Waals surface area contributed by atoms with Crippen LogP contribution in [0.5, 0.6) is 5.75 Å². The molecule has 2 aliphatic carbocycles. The van der Waals surface area contributed by atoms with E-state index in [1.54, 1.807) is 0 Å². The summed E-state index contributed by atoms with van der Waals surface area (Å²) in [6, 6.07) is 9.08. The summed E-state index contributed by atoms with van der Waals surface area (Å²) in [5.74, 6) is 0.984. The van der Waals surface area contributed by atoms with E-state index in [1.807, 2.05) is 12.1 Å². The summed E-state index contributed by atoms with van der Waals surface area (Å²) in [6.45, 7) is 6.79. The average Bonchev–Trinajstić information content (AvgIpc) is 2.68. The Hall–Kier alpha value is -1.51. The van der Waals surface area contributed by atoms with E-state index in [4.69, 9.17) is 4.74 Å². The van der Waals surface area contributed by atoms with Gasteiger partial charge in [0.15, 0.2) is 6.61 Å². The molecule has 2 fully saturated rings. The van der Waals surface area contributed by atoms with Gasteiger partial charge in [-0.1, -0.05) is 71.4 Å². The number of rotatable bonds is 5. The summed E-state index contributed by atoms with van der Waals surface area (Å²) < 4.78 is 5.91. The van der Waals surface area contributed by atoms with Gasteiger partial charge in [0.25, 0.3) is 5.91 Å². The van der Waals surface area contributed by atoms with E-state index in [0.29, 0.717) is 12.1 Å². The van der Waals surface area contributed by atoms with Gasteiger partial charge in [0.05, 0.1) is 0 Å². The fourth-order valence-electron chi connectivity index (χ4n) is 4.69. The molecule has 0 saturated heterocycles. The third kappa shape index (κ3) is 5.49. The molecule has 1 aromatic rings. The number of amides is 1. The Morgan fingerprint density at radius 2 is 1.37 bits per heavy atom. The topological polar surface area (TPSA) is 29.5 Å². The van der Waals surface area contributed by atoms with Gasteiger partial charge in [-0.25, -0.2) is 0 Å². The Morgan fingerprint density at radius 3 is 1.81 bits per heavy atom. The van der Waals surface area contributed by atoms with E-state index in [1.165, 1.54) is 69.8 Å². The normalized spacial score (nSPS) is 19.7. The van der Waals surface area contributed by atoms with Gasteiger partial charge in [-0.2, -0.15) is 0 Å². The zero-order chi connectivity index (χ0) is 19.3. The van der Waals surface area contributed by atoms with Crippen LogP contribution in [-0.4, -0.2) is 29.5 Å². The lowest BCUT2D eigenvalue weighted by Crippen LogP contribution is -2.50. The molecule has 0 heterocycles. The fraction of sp³-hybridized carbons (Fsp3) is 0.708. The van der Waals surface area contributed by atoms with E-state index in [-0.39, 0.29) is 17.9 Å². The molecule has 3 nitrogen and oxygen atoms in total. The molecule has 1 amide bonds. The highest BCUT2D eigenvalue weighted by Crippen LogP contribution is 2.30. The van der Waals surface area contributed by atoms with Crippen LogP contribution in [0.15, 0.2) is 24.3 Å². The van der Waals surface area contributed by atoms with Crippen LogP contribution < -0.4 is 4.74 Å². The highest BCUT2D eigenvalue weighted by molar-refractivity contribution is 5.78. The maximum absolute atomic E-state index is 13.1. The highest BCUT2D eigenvalue weighted by Gasteiger charge is 2.32. The molecule has 3 rings (SSSR count). The summed E-state index contributed by atoms with van der Waals surface area (Å²) in [5, 5.41) is 0. The van der Waals surface area contributed by atoms with Crippen LogP contribution in [0.4, 0.5) is 0 Å². The second-order valence-corrected chi connectivity index (χ2v) is 9.45. The van der Waals surface area contributed by atoms with Gasteiger partial charge in [-0.15, -0.1) is 0 Å². The quantitative estimate of drug-likeness (QED) is 0.649. The molecule has 0 N–H and O–H groups in total. The largest absolute Gasteiger partial charge is 0.484 e. The van der Waals surface area contributed by atoms with Crippen LogP contribution >= 0.6 is 0 Å². The van der Waals surface area contributed by atoms with Crippen LogP contribution in [0.3, 0.4) is 0 Å². The molecule has 0 aromatic heterocycles. The summed E-state index contributed by atoms with van der Waals surface area (Å²) >= 11 is 0. The van der Waals surface area contributed by atoms with Gasteiger partial charge in [0.1, 0.15) is 5.75 Å². The number of nitrogens with zero attached hydrogens (tertiary/aromatic N) is 1. The first-order valence-corrected chi connectivity index (χ1v) is 11.0. The highest BCUT2D eigenvalue weighted by atomic mass is 16.5. The molecular formula is C24H37NO2. The molecule has 0 spiro atoms. The summed E-state index contributed by atoms with van der Waals surface area (Å²) in [7, 11) is 0. The Bertz CT molecular complexity index is 572. The third-order valence-electron chi connectivity index (χ3n) is 6.31. The molecular weight excluding hydrogens is 334 g/mol. The summed E-state index contributed by atoms with van der Waals surface area (Å²) in [4.78, 5) is 15.4. The Kier molecular flexibility index (Phi) is 6.83. The lowest BCUT2D eigenvalue weighted by molar-refractivity contribution is -0.140. The van der Waals surface area contributed by atoms with Gasteiger partial charge in [0, 0.05) is 12.1 Å². The van der Waals surface area contributed by atoms with Crippen molar-refractivity contribution in [2.24, 2.45) is 0 Å². The van der Waals surface area contributed by atoms with Gasteiger partial charge >= 0.3 is 0 Å². The first-order valence-electron chi connectivity index (χ1n) is 11.0. The monoisotopic (exact) mass is 371 g/mol. The zero-order valence-corrected chi connectivity index (χ0v) is 17.5. The zero-order valence-electron chi connectivity index (χ0n) is 17.5. The second kappa shape index (κ2) is 9.12. The van der Waals surface area contributed by atoms with Crippen molar-refractivity contribution in [3.63, 3.8) is 0 Å². The van der Waals surface area contributed by atoms with Gasteiger partial charge in [0.2, 0.25) is 0 Å². The smallest absolute Gasteiger partial charge is 0.261 e. The van der Waals surface area contributed by atoms with Crippen LogP contribution in [0, 0.1) is 0 Å². The van der Waals surface area contributed by atoms with E-state index >= 15 is 0 Å². The van der Waals surface area contributed by atoms with Crippen molar-refractivity contribution in [2.75, 3.05) is 6.61 Å². The molecule has 0 aliphatic heterocycles. The maximum atomic E-state index is 13.1. The molecule has 2 aliphatic rings. The van der Waals surface area contributed by atoms with Gasteiger partial charge in [-0.3, -0.25) is 4.79 Å². The molecule has 0 atom stereocenters. The van der Waals surface area contributed by atoms with Gasteiger partial charge < -0.3 is 9.64 Å². The molecule has 0 bridgehead atoms. The van der Waals surface area contributed by atoms with Crippen molar-refractivity contribution in [1.29, 1.82) is 0 Å². The molecule has 0 radical (unpaired) electrons. The lowest BCUT2D eigenvalue weighted by Gasteiger charge is -2.41. The van der Waals surface area contributed by atoms with Crippen molar-refractivity contribution < 1.29 is 9.53 Å². The Morgan fingerprint density at radius 1 is 0.889 bits per heavy atom. The fourth-order valence-corrected chi connectivity index (χ4v) is 4.69. The van der Waals surface area contributed by atoms with Crippen molar-refractivity contribution in [3.8, 4) is 5.75 Å². The van der Waals surface area contributed by atoms with E-state index in [2.05, 4.69) is 37.8 Å². The molecule has 0 unspecified atom stereocenters. The minimum absolute atomic E-state index is 0.132. The Balaban J connectivity index is 1.63. The number of benzene rings is 1. The lowest BCUT2D eigenvalue weighted by atomic mass is 9.87. The number of carbonyl (C=O) groups excluding carboxylic acids is 1. The number of ether oxygens (including phenoxy) is 1. The Labute approximate surface area is 165 Å². The number of hydrogen-bond donors (Lipinski definition) is 0. The van der Waals surface area contributed by atoms with Crippen molar-refractivity contribution in [2.45, 2.75) is 102 Å². The molecule has 27 heavy (non-hydrogen) atoms. The first-order chi connectivity index (χ1) is 12.9. The van der Waals surface area contributed by atoms with Crippen molar-refractivity contribution in [1.82, 2.24) is 4.90 Å². The van der Waals surface area contributed by atoms with Crippen LogP contribution in [-0.2, 0) is 10.2 Å². The van der Waals surface area contributed by atoms with E-state index < -0.39 is 0 Å².